The highest BCUT2D eigenvalue weighted by Gasteiger charge is 2.22. The number of aromatic amines is 1. The van der Waals surface area contributed by atoms with E-state index in [2.05, 4.69) is 26.1 Å². The van der Waals surface area contributed by atoms with Crippen molar-refractivity contribution in [2.75, 3.05) is 18.9 Å². The van der Waals surface area contributed by atoms with Gasteiger partial charge in [0, 0.05) is 12.5 Å². The Labute approximate surface area is 159 Å². The molecule has 1 aromatic carbocycles. The zero-order chi connectivity index (χ0) is 16.5. The number of rotatable bonds is 8. The lowest BCUT2D eigenvalue weighted by atomic mass is 10.1. The van der Waals surface area contributed by atoms with E-state index in [9.17, 15) is 9.59 Å². The van der Waals surface area contributed by atoms with E-state index < -0.39 is 6.04 Å². The van der Waals surface area contributed by atoms with Crippen molar-refractivity contribution in [3.8, 4) is 0 Å². The van der Waals surface area contributed by atoms with E-state index in [4.69, 9.17) is 0 Å². The highest BCUT2D eigenvalue weighted by Crippen LogP contribution is 2.15. The molecule has 7 nitrogen and oxygen atoms in total. The number of hydrogen-bond donors (Lipinski definition) is 4. The van der Waals surface area contributed by atoms with Gasteiger partial charge >= 0.3 is 0 Å². The van der Waals surface area contributed by atoms with Crippen molar-refractivity contribution in [1.82, 2.24) is 20.8 Å². The van der Waals surface area contributed by atoms with E-state index in [1.807, 2.05) is 37.4 Å². The molecule has 1 atom stereocenters. The molecule has 0 aliphatic heterocycles. The van der Waals surface area contributed by atoms with Gasteiger partial charge in [-0.1, -0.05) is 30.3 Å². The Kier molecular flexibility index (Phi) is 11.3. The summed E-state index contributed by atoms with van der Waals surface area (Å²) in [5, 5.41) is 14.9. The van der Waals surface area contributed by atoms with Gasteiger partial charge in [-0.15, -0.1) is 24.8 Å². The molecule has 0 saturated heterocycles. The van der Waals surface area contributed by atoms with Crippen LogP contribution in [0.4, 0.5) is 5.82 Å². The molecule has 1 unspecified atom stereocenters. The molecule has 0 radical (unpaired) electrons. The topological polar surface area (TPSA) is 98.9 Å². The minimum Gasteiger partial charge on any atom is -0.341 e. The number of halogens is 2. The van der Waals surface area contributed by atoms with Crippen LogP contribution in [0.1, 0.15) is 24.4 Å². The first-order valence-corrected chi connectivity index (χ1v) is 7.50. The van der Waals surface area contributed by atoms with E-state index in [-0.39, 0.29) is 36.6 Å². The molecule has 0 aliphatic carbocycles. The first kappa shape index (κ1) is 22.9. The number of carbonyl (C=O) groups excluding carboxylic acids is 2. The van der Waals surface area contributed by atoms with Crippen LogP contribution in [0.2, 0.25) is 0 Å². The average molecular weight is 388 g/mol. The first-order chi connectivity index (χ1) is 11.2. The fourth-order valence-corrected chi connectivity index (χ4v) is 2.14. The lowest BCUT2D eigenvalue weighted by Gasteiger charge is -2.18. The molecule has 138 valence electrons. The maximum atomic E-state index is 12.5. The third-order valence-electron chi connectivity index (χ3n) is 3.29. The Balaban J connectivity index is 0.00000288. The number of hydrogen-bond acceptors (Lipinski definition) is 4. The number of amides is 2. The van der Waals surface area contributed by atoms with Crippen LogP contribution in [-0.4, -0.2) is 35.6 Å². The van der Waals surface area contributed by atoms with Crippen LogP contribution < -0.4 is 16.0 Å². The van der Waals surface area contributed by atoms with Crippen molar-refractivity contribution >= 4 is 42.4 Å². The predicted molar refractivity (Wildman–Crippen MR) is 102 cm³/mol. The maximum Gasteiger partial charge on any atom is 0.252 e. The molecule has 0 saturated carbocycles. The third-order valence-corrected chi connectivity index (χ3v) is 3.29. The molecule has 0 aliphatic rings. The highest BCUT2D eigenvalue weighted by atomic mass is 35.5. The number of benzene rings is 1. The van der Waals surface area contributed by atoms with Gasteiger partial charge in [0.2, 0.25) is 5.91 Å². The van der Waals surface area contributed by atoms with Crippen molar-refractivity contribution in [2.45, 2.75) is 18.9 Å². The molecule has 2 amide bonds. The monoisotopic (exact) mass is 387 g/mol. The highest BCUT2D eigenvalue weighted by molar-refractivity contribution is 5.97. The van der Waals surface area contributed by atoms with Crippen LogP contribution in [0.15, 0.2) is 42.6 Å². The van der Waals surface area contributed by atoms with Gasteiger partial charge in [0.15, 0.2) is 0 Å². The summed E-state index contributed by atoms with van der Waals surface area (Å²) >= 11 is 0. The number of H-pyrrole nitrogens is 1. The van der Waals surface area contributed by atoms with Crippen LogP contribution in [0.5, 0.6) is 0 Å². The lowest BCUT2D eigenvalue weighted by Crippen LogP contribution is -2.37. The largest absolute Gasteiger partial charge is 0.341 e. The van der Waals surface area contributed by atoms with Crippen LogP contribution in [0.3, 0.4) is 0 Å². The smallest absolute Gasteiger partial charge is 0.252 e. The molecule has 0 bridgehead atoms. The normalized spacial score (nSPS) is 10.8. The number of nitrogens with zero attached hydrogens (tertiary/aromatic N) is 1. The number of nitrogens with one attached hydrogen (secondary N) is 4. The third kappa shape index (κ3) is 7.55. The van der Waals surface area contributed by atoms with Gasteiger partial charge in [0.25, 0.3) is 5.91 Å². The zero-order valence-electron chi connectivity index (χ0n) is 13.8. The van der Waals surface area contributed by atoms with E-state index in [0.29, 0.717) is 18.7 Å². The standard InChI is InChI=1S/C16H21N5O2.2ClH/c1-17-10-5-8-14(22)20-15(12-6-3-2-4-7-12)16(23)19-13-9-11-18-21-13;;/h2-4,6-7,9,11,15,17H,5,8,10H2,1H3,(H,20,22)(H2,18,19,21,23);2*1H. The quantitative estimate of drug-likeness (QED) is 0.520. The first-order valence-electron chi connectivity index (χ1n) is 7.50. The van der Waals surface area contributed by atoms with E-state index >= 15 is 0 Å². The van der Waals surface area contributed by atoms with Crippen LogP contribution in [0, 0.1) is 0 Å². The van der Waals surface area contributed by atoms with Crippen molar-refractivity contribution in [3.63, 3.8) is 0 Å². The Morgan fingerprint density at radius 2 is 1.88 bits per heavy atom. The molecule has 2 rings (SSSR count). The van der Waals surface area contributed by atoms with Crippen molar-refractivity contribution in [3.05, 3.63) is 48.2 Å². The second-order valence-corrected chi connectivity index (χ2v) is 5.08. The molecule has 1 heterocycles. The molecule has 9 heteroatoms. The second-order valence-electron chi connectivity index (χ2n) is 5.08. The Morgan fingerprint density at radius 1 is 1.16 bits per heavy atom. The second kappa shape index (κ2) is 12.3. The predicted octanol–water partition coefficient (Wildman–Crippen LogP) is 2.05. The van der Waals surface area contributed by atoms with Gasteiger partial charge in [-0.25, -0.2) is 0 Å². The number of anilines is 1. The van der Waals surface area contributed by atoms with Crippen molar-refractivity contribution < 1.29 is 9.59 Å². The molecule has 0 fully saturated rings. The molecular weight excluding hydrogens is 365 g/mol. The van der Waals surface area contributed by atoms with Crippen LogP contribution >= 0.6 is 24.8 Å². The summed E-state index contributed by atoms with van der Waals surface area (Å²) in [5.74, 6) is 0.0108. The molecule has 25 heavy (non-hydrogen) atoms. The van der Waals surface area contributed by atoms with Gasteiger partial charge in [-0.3, -0.25) is 14.7 Å². The summed E-state index contributed by atoms with van der Waals surface area (Å²) in [6.07, 6.45) is 2.62. The Bertz CT molecular complexity index is 623. The summed E-state index contributed by atoms with van der Waals surface area (Å²) < 4.78 is 0. The minimum absolute atomic E-state index is 0. The summed E-state index contributed by atoms with van der Waals surface area (Å²) in [7, 11) is 1.84. The lowest BCUT2D eigenvalue weighted by molar-refractivity contribution is -0.126. The van der Waals surface area contributed by atoms with Gasteiger partial charge in [0.05, 0.1) is 6.20 Å². The fourth-order valence-electron chi connectivity index (χ4n) is 2.14. The SMILES string of the molecule is CNCCCC(=O)NC(C(=O)Nc1ccn[nH]1)c1ccccc1.Cl.Cl. The van der Waals surface area contributed by atoms with E-state index in [0.717, 1.165) is 12.1 Å². The molecular formula is C16H23Cl2N5O2. The van der Waals surface area contributed by atoms with Gasteiger partial charge < -0.3 is 16.0 Å². The minimum atomic E-state index is -0.749. The van der Waals surface area contributed by atoms with Crippen LogP contribution in [0.25, 0.3) is 0 Å². The summed E-state index contributed by atoms with van der Waals surface area (Å²) in [4.78, 5) is 24.6. The Hall–Kier alpha value is -2.09. The van der Waals surface area contributed by atoms with E-state index in [1.165, 1.54) is 0 Å². The number of carbonyl (C=O) groups is 2. The van der Waals surface area contributed by atoms with Crippen LogP contribution in [-0.2, 0) is 9.59 Å². The van der Waals surface area contributed by atoms with Crippen molar-refractivity contribution in [2.24, 2.45) is 0 Å². The molecule has 4 N–H and O–H groups in total. The van der Waals surface area contributed by atoms with Gasteiger partial charge in [0.1, 0.15) is 11.9 Å². The van der Waals surface area contributed by atoms with Crippen molar-refractivity contribution in [1.29, 1.82) is 0 Å². The summed E-state index contributed by atoms with van der Waals surface area (Å²) in [6, 6.07) is 10.0. The molecule has 1 aromatic heterocycles. The average Bonchev–Trinajstić information content (AvgIpc) is 3.06. The number of aromatic nitrogens is 2. The van der Waals surface area contributed by atoms with E-state index in [1.54, 1.807) is 12.3 Å². The molecule has 2 aromatic rings. The zero-order valence-corrected chi connectivity index (χ0v) is 15.5. The molecule has 0 spiro atoms. The summed E-state index contributed by atoms with van der Waals surface area (Å²) in [5.41, 5.74) is 0.728. The van der Waals surface area contributed by atoms with Gasteiger partial charge in [-0.05, 0) is 25.6 Å². The Morgan fingerprint density at radius 3 is 2.48 bits per heavy atom. The fraction of sp³-hybridized carbons (Fsp3) is 0.312. The van der Waals surface area contributed by atoms with Gasteiger partial charge in [-0.2, -0.15) is 5.10 Å². The summed E-state index contributed by atoms with van der Waals surface area (Å²) in [6.45, 7) is 0.754. The maximum absolute atomic E-state index is 12.5.